The summed E-state index contributed by atoms with van der Waals surface area (Å²) in [6.45, 7) is 0. The van der Waals surface area contributed by atoms with Crippen molar-refractivity contribution in [2.45, 2.75) is 23.4 Å². The Morgan fingerprint density at radius 2 is 1.10 bits per heavy atom. The quantitative estimate of drug-likeness (QED) is 0.607. The van der Waals surface area contributed by atoms with Crippen molar-refractivity contribution in [3.8, 4) is 0 Å². The molecule has 0 spiro atoms. The smallest absolute Gasteiger partial charge is 0.302 e. The summed E-state index contributed by atoms with van der Waals surface area (Å²) in [6, 6.07) is -1.28. The van der Waals surface area contributed by atoms with E-state index < -0.39 is 63.3 Å². The van der Waals surface area contributed by atoms with E-state index in [4.69, 9.17) is 4.55 Å². The Hall–Kier alpha value is -1.30. The number of rotatable bonds is 1. The lowest BCUT2D eigenvalue weighted by molar-refractivity contribution is -0.152. The Balaban J connectivity index is 3.89. The Labute approximate surface area is 112 Å². The first kappa shape index (κ1) is 17.8. The molecule has 21 heavy (non-hydrogen) atoms. The summed E-state index contributed by atoms with van der Waals surface area (Å²) >= 11 is -3.79. The molecule has 0 saturated heterocycles. The maximum Gasteiger partial charge on any atom is 0.417 e. The molecule has 0 heterocycles. The highest BCUT2D eigenvalue weighted by Gasteiger charge is 2.46. The lowest BCUT2D eigenvalue weighted by atomic mass is 10.0. The van der Waals surface area contributed by atoms with E-state index in [0.717, 1.165) is 0 Å². The number of halogens is 9. The second kappa shape index (κ2) is 5.16. The van der Waals surface area contributed by atoms with Crippen molar-refractivity contribution in [3.05, 3.63) is 28.8 Å². The standard InChI is InChI=1S/C9H3F9O2S/c10-7(11,12)3-1-4(8(13,14)15)6(21(19)20)5(2-3)9(16,17)18/h1-2H,(H,19,20). The van der Waals surface area contributed by atoms with Gasteiger partial charge in [-0.05, 0) is 12.1 Å². The molecular formula is C9H3F9O2S. The predicted molar refractivity (Wildman–Crippen MR) is 50.5 cm³/mol. The van der Waals surface area contributed by atoms with Gasteiger partial charge in [-0.25, -0.2) is 4.21 Å². The maximum atomic E-state index is 12.6. The lowest BCUT2D eigenvalue weighted by Gasteiger charge is -2.19. The fraction of sp³-hybridized carbons (Fsp3) is 0.333. The summed E-state index contributed by atoms with van der Waals surface area (Å²) < 4.78 is 132. The molecule has 1 unspecified atom stereocenters. The minimum atomic E-state index is -5.67. The van der Waals surface area contributed by atoms with Gasteiger partial charge in [0.2, 0.25) is 0 Å². The van der Waals surface area contributed by atoms with E-state index in [1.807, 2.05) is 0 Å². The average Bonchev–Trinajstić information content (AvgIpc) is 2.23. The topological polar surface area (TPSA) is 37.3 Å². The Bertz CT molecular complexity index is 535. The zero-order chi connectivity index (χ0) is 16.8. The molecular weight excluding hydrogens is 343 g/mol. The molecule has 1 atom stereocenters. The molecule has 120 valence electrons. The van der Waals surface area contributed by atoms with Gasteiger partial charge in [-0.3, -0.25) is 0 Å². The third-order valence-electron chi connectivity index (χ3n) is 2.20. The normalized spacial score (nSPS) is 15.1. The molecule has 0 aromatic heterocycles. The van der Waals surface area contributed by atoms with E-state index in [1.165, 1.54) is 0 Å². The highest BCUT2D eigenvalue weighted by atomic mass is 32.2. The van der Waals surface area contributed by atoms with Crippen molar-refractivity contribution in [1.82, 2.24) is 0 Å². The molecule has 0 aliphatic heterocycles. The van der Waals surface area contributed by atoms with E-state index in [0.29, 0.717) is 0 Å². The minimum absolute atomic E-state index is 0.640. The third-order valence-corrected chi connectivity index (χ3v) is 2.99. The molecule has 0 aliphatic rings. The molecule has 2 nitrogen and oxygen atoms in total. The Morgan fingerprint density at radius 3 is 1.29 bits per heavy atom. The average molecular weight is 346 g/mol. The lowest BCUT2D eigenvalue weighted by Crippen LogP contribution is -2.20. The molecule has 1 aromatic carbocycles. The van der Waals surface area contributed by atoms with Crippen molar-refractivity contribution < 1.29 is 48.3 Å². The van der Waals surface area contributed by atoms with E-state index in [-0.39, 0.29) is 0 Å². The number of hydrogen-bond donors (Lipinski definition) is 1. The van der Waals surface area contributed by atoms with Gasteiger partial charge in [-0.1, -0.05) is 0 Å². The Kier molecular flexibility index (Phi) is 4.36. The zero-order valence-electron chi connectivity index (χ0n) is 9.32. The van der Waals surface area contributed by atoms with Crippen LogP contribution in [-0.4, -0.2) is 8.76 Å². The first-order valence-corrected chi connectivity index (χ1v) is 5.77. The molecule has 0 aliphatic carbocycles. The molecule has 0 fully saturated rings. The van der Waals surface area contributed by atoms with Crippen LogP contribution in [0.25, 0.3) is 0 Å². The van der Waals surface area contributed by atoms with Crippen LogP contribution in [0.1, 0.15) is 16.7 Å². The second-order valence-electron chi connectivity index (χ2n) is 3.64. The molecule has 1 aromatic rings. The third kappa shape index (κ3) is 3.87. The van der Waals surface area contributed by atoms with Gasteiger partial charge in [0.1, 0.15) is 0 Å². The van der Waals surface area contributed by atoms with Crippen LogP contribution in [-0.2, 0) is 29.6 Å². The van der Waals surface area contributed by atoms with E-state index in [2.05, 4.69) is 0 Å². The number of benzene rings is 1. The largest absolute Gasteiger partial charge is 0.417 e. The van der Waals surface area contributed by atoms with Crippen LogP contribution in [0.2, 0.25) is 0 Å². The first-order valence-electron chi connectivity index (χ1n) is 4.66. The number of alkyl halides is 9. The monoisotopic (exact) mass is 346 g/mol. The fourth-order valence-electron chi connectivity index (χ4n) is 1.40. The molecule has 0 amide bonds. The SMILES string of the molecule is O=S(O)c1c(C(F)(F)F)cc(C(F)(F)F)cc1C(F)(F)F. The molecule has 0 radical (unpaired) electrons. The summed E-state index contributed by atoms with van der Waals surface area (Å²) in [5.74, 6) is 0. The van der Waals surface area contributed by atoms with Gasteiger partial charge in [0, 0.05) is 0 Å². The van der Waals surface area contributed by atoms with E-state index >= 15 is 0 Å². The summed E-state index contributed by atoms with van der Waals surface area (Å²) in [6.07, 6.45) is -16.8. The van der Waals surface area contributed by atoms with Gasteiger partial charge >= 0.3 is 18.5 Å². The van der Waals surface area contributed by atoms with Gasteiger partial charge in [0.15, 0.2) is 11.1 Å². The number of hydrogen-bond acceptors (Lipinski definition) is 1. The van der Waals surface area contributed by atoms with Crippen molar-refractivity contribution in [1.29, 1.82) is 0 Å². The summed E-state index contributed by atoms with van der Waals surface area (Å²) in [5.41, 5.74) is -7.16. The van der Waals surface area contributed by atoms with Gasteiger partial charge in [0.05, 0.1) is 21.6 Å². The van der Waals surface area contributed by atoms with Crippen molar-refractivity contribution in [2.24, 2.45) is 0 Å². The van der Waals surface area contributed by atoms with Crippen LogP contribution < -0.4 is 0 Å². The van der Waals surface area contributed by atoms with E-state index in [1.54, 1.807) is 0 Å². The highest BCUT2D eigenvalue weighted by Crippen LogP contribution is 2.44. The fourth-order valence-corrected chi connectivity index (χ4v) is 2.13. The molecule has 1 N–H and O–H groups in total. The van der Waals surface area contributed by atoms with Gasteiger partial charge in [-0.15, -0.1) is 0 Å². The van der Waals surface area contributed by atoms with Crippen LogP contribution >= 0.6 is 0 Å². The summed E-state index contributed by atoms with van der Waals surface area (Å²) in [4.78, 5) is -2.16. The molecule has 0 bridgehead atoms. The summed E-state index contributed by atoms with van der Waals surface area (Å²) in [7, 11) is 0. The molecule has 1 rings (SSSR count). The molecule has 0 saturated carbocycles. The van der Waals surface area contributed by atoms with Crippen LogP contribution in [0.4, 0.5) is 39.5 Å². The van der Waals surface area contributed by atoms with Gasteiger partial charge in [-0.2, -0.15) is 39.5 Å². The van der Waals surface area contributed by atoms with Crippen LogP contribution in [0.15, 0.2) is 17.0 Å². The first-order chi connectivity index (χ1) is 9.15. The minimum Gasteiger partial charge on any atom is -0.302 e. The van der Waals surface area contributed by atoms with Crippen molar-refractivity contribution >= 4 is 11.1 Å². The Morgan fingerprint density at radius 1 is 0.762 bits per heavy atom. The zero-order valence-corrected chi connectivity index (χ0v) is 10.1. The van der Waals surface area contributed by atoms with Crippen molar-refractivity contribution in [2.75, 3.05) is 0 Å². The van der Waals surface area contributed by atoms with Gasteiger partial charge < -0.3 is 4.55 Å². The predicted octanol–water partition coefficient (Wildman–Crippen LogP) is 4.32. The van der Waals surface area contributed by atoms with Crippen LogP contribution in [0, 0.1) is 0 Å². The van der Waals surface area contributed by atoms with E-state index in [9.17, 15) is 43.7 Å². The van der Waals surface area contributed by atoms with Crippen LogP contribution in [0.5, 0.6) is 0 Å². The van der Waals surface area contributed by atoms with Gasteiger partial charge in [0.25, 0.3) is 0 Å². The molecule has 12 heteroatoms. The van der Waals surface area contributed by atoms with Crippen LogP contribution in [0.3, 0.4) is 0 Å². The maximum absolute atomic E-state index is 12.6. The highest BCUT2D eigenvalue weighted by molar-refractivity contribution is 7.79. The summed E-state index contributed by atoms with van der Waals surface area (Å²) in [5, 5.41) is 0. The van der Waals surface area contributed by atoms with Crippen molar-refractivity contribution in [3.63, 3.8) is 0 Å². The second-order valence-corrected chi connectivity index (χ2v) is 4.55.